The summed E-state index contributed by atoms with van der Waals surface area (Å²) in [6.45, 7) is 0.863. The van der Waals surface area contributed by atoms with Crippen molar-refractivity contribution in [2.24, 2.45) is 0 Å². The van der Waals surface area contributed by atoms with Gasteiger partial charge in [-0.3, -0.25) is 0 Å². The van der Waals surface area contributed by atoms with Crippen molar-refractivity contribution in [1.29, 1.82) is 0 Å². The van der Waals surface area contributed by atoms with Crippen molar-refractivity contribution in [1.82, 2.24) is 4.37 Å². The number of rotatable bonds is 5. The zero-order valence-corrected chi connectivity index (χ0v) is 12.4. The Labute approximate surface area is 117 Å². The van der Waals surface area contributed by atoms with E-state index in [9.17, 15) is 5.11 Å². The summed E-state index contributed by atoms with van der Waals surface area (Å²) < 4.78 is 4.26. The van der Waals surface area contributed by atoms with Crippen LogP contribution in [0.3, 0.4) is 0 Å². The molecule has 0 aromatic carbocycles. The van der Waals surface area contributed by atoms with Crippen LogP contribution >= 0.6 is 23.3 Å². The summed E-state index contributed by atoms with van der Waals surface area (Å²) in [5, 5.41) is 10.4. The summed E-state index contributed by atoms with van der Waals surface area (Å²) in [7, 11) is 0. The average Bonchev–Trinajstić information content (AvgIpc) is 2.78. The van der Waals surface area contributed by atoms with Crippen LogP contribution in [-0.4, -0.2) is 34.9 Å². The van der Waals surface area contributed by atoms with E-state index in [4.69, 9.17) is 5.73 Å². The van der Waals surface area contributed by atoms with Crippen molar-refractivity contribution in [2.45, 2.75) is 43.0 Å². The lowest BCUT2D eigenvalue weighted by Crippen LogP contribution is -2.38. The summed E-state index contributed by atoms with van der Waals surface area (Å²) >= 11 is 3.11. The Bertz CT molecular complexity index is 377. The molecular formula is C12H21N3OS2. The second kappa shape index (κ2) is 6.63. The minimum atomic E-state index is 0.183. The highest BCUT2D eigenvalue weighted by Gasteiger charge is 2.25. The van der Waals surface area contributed by atoms with Gasteiger partial charge in [-0.05, 0) is 30.6 Å². The van der Waals surface area contributed by atoms with Crippen molar-refractivity contribution in [3.05, 3.63) is 0 Å². The Hall–Kier alpha value is -0.460. The molecular weight excluding hydrogens is 266 g/mol. The maximum atomic E-state index is 9.30. The number of hydrogen-bond donors (Lipinski definition) is 2. The van der Waals surface area contributed by atoms with Gasteiger partial charge >= 0.3 is 0 Å². The molecule has 1 aliphatic carbocycles. The first-order chi connectivity index (χ1) is 8.77. The van der Waals surface area contributed by atoms with Gasteiger partial charge in [-0.25, -0.2) is 0 Å². The molecule has 0 amide bonds. The summed E-state index contributed by atoms with van der Waals surface area (Å²) in [6.07, 6.45) is 8.37. The summed E-state index contributed by atoms with van der Waals surface area (Å²) in [5.41, 5.74) is 5.90. The summed E-state index contributed by atoms with van der Waals surface area (Å²) in [4.78, 5) is 3.39. The van der Waals surface area contributed by atoms with Gasteiger partial charge in [0.1, 0.15) is 5.00 Å². The van der Waals surface area contributed by atoms with E-state index in [1.54, 1.807) is 11.8 Å². The third-order valence-electron chi connectivity index (χ3n) is 3.48. The van der Waals surface area contributed by atoms with Crippen molar-refractivity contribution in [2.75, 3.05) is 30.0 Å². The number of anilines is 2. The fourth-order valence-electron chi connectivity index (χ4n) is 2.61. The number of hydrogen-bond acceptors (Lipinski definition) is 6. The normalized spacial score (nSPS) is 17.0. The number of nitrogens with two attached hydrogens (primary N) is 1. The predicted molar refractivity (Wildman–Crippen MR) is 79.6 cm³/mol. The molecule has 0 spiro atoms. The second-order valence-electron chi connectivity index (χ2n) is 4.62. The molecule has 3 N–H and O–H groups in total. The van der Waals surface area contributed by atoms with Gasteiger partial charge in [0.2, 0.25) is 0 Å². The summed E-state index contributed by atoms with van der Waals surface area (Å²) in [6, 6.07) is 0.539. The van der Waals surface area contributed by atoms with Gasteiger partial charge in [-0.1, -0.05) is 19.3 Å². The van der Waals surface area contributed by atoms with E-state index in [-0.39, 0.29) is 6.61 Å². The van der Waals surface area contributed by atoms with Crippen molar-refractivity contribution < 1.29 is 5.11 Å². The van der Waals surface area contributed by atoms with Crippen LogP contribution < -0.4 is 10.6 Å². The van der Waals surface area contributed by atoms with E-state index < -0.39 is 0 Å². The van der Waals surface area contributed by atoms with Crippen LogP contribution in [0.1, 0.15) is 32.1 Å². The van der Waals surface area contributed by atoms with Gasteiger partial charge in [0.25, 0.3) is 0 Å². The average molecular weight is 287 g/mol. The topological polar surface area (TPSA) is 62.4 Å². The molecule has 1 fully saturated rings. The molecule has 1 aliphatic rings. The van der Waals surface area contributed by atoms with Crippen molar-refractivity contribution >= 4 is 34.1 Å². The molecule has 6 heteroatoms. The largest absolute Gasteiger partial charge is 0.395 e. The Balaban J connectivity index is 2.22. The Morgan fingerprint density at radius 3 is 2.78 bits per heavy atom. The van der Waals surface area contributed by atoms with E-state index >= 15 is 0 Å². The molecule has 2 rings (SSSR count). The molecule has 102 valence electrons. The monoisotopic (exact) mass is 287 g/mol. The Kier molecular flexibility index (Phi) is 5.14. The van der Waals surface area contributed by atoms with Crippen molar-refractivity contribution in [3.63, 3.8) is 0 Å². The van der Waals surface area contributed by atoms with E-state index in [1.807, 2.05) is 6.26 Å². The van der Waals surface area contributed by atoms with Crippen LogP contribution in [0.15, 0.2) is 4.90 Å². The highest BCUT2D eigenvalue weighted by Crippen LogP contribution is 2.40. The van der Waals surface area contributed by atoms with Gasteiger partial charge < -0.3 is 15.7 Å². The lowest BCUT2D eigenvalue weighted by Gasteiger charge is -2.35. The molecule has 0 bridgehead atoms. The van der Waals surface area contributed by atoms with Crippen LogP contribution in [0, 0.1) is 0 Å². The van der Waals surface area contributed by atoms with Gasteiger partial charge in [0.05, 0.1) is 11.5 Å². The molecule has 1 aromatic rings. The number of aliphatic hydroxyl groups excluding tert-OH is 1. The van der Waals surface area contributed by atoms with E-state index in [0.717, 1.165) is 9.90 Å². The molecule has 0 saturated heterocycles. The molecule has 0 radical (unpaired) electrons. The third kappa shape index (κ3) is 2.92. The Morgan fingerprint density at radius 2 is 2.17 bits per heavy atom. The maximum Gasteiger partial charge on any atom is 0.153 e. The third-order valence-corrected chi connectivity index (χ3v) is 5.32. The Morgan fingerprint density at radius 1 is 1.44 bits per heavy atom. The van der Waals surface area contributed by atoms with Crippen molar-refractivity contribution in [3.8, 4) is 0 Å². The van der Waals surface area contributed by atoms with Gasteiger partial charge in [-0.2, -0.15) is 4.37 Å². The van der Waals surface area contributed by atoms with Crippen LogP contribution in [0.5, 0.6) is 0 Å². The fraction of sp³-hybridized carbons (Fsp3) is 0.750. The number of aromatic nitrogens is 1. The minimum absolute atomic E-state index is 0.183. The van der Waals surface area contributed by atoms with Gasteiger partial charge in [0.15, 0.2) is 5.82 Å². The number of nitrogen functional groups attached to an aromatic ring is 1. The zero-order chi connectivity index (χ0) is 13.0. The maximum absolute atomic E-state index is 9.30. The molecule has 1 saturated carbocycles. The van der Waals surface area contributed by atoms with Crippen LogP contribution in [0.4, 0.5) is 10.8 Å². The predicted octanol–water partition coefficient (Wildman–Crippen LogP) is 2.58. The number of nitrogens with zero attached hydrogens (tertiary/aromatic N) is 2. The number of aliphatic hydroxyl groups is 1. The fourth-order valence-corrected chi connectivity index (χ4v) is 4.39. The minimum Gasteiger partial charge on any atom is -0.395 e. The lowest BCUT2D eigenvalue weighted by atomic mass is 9.94. The molecule has 18 heavy (non-hydrogen) atoms. The molecule has 0 unspecified atom stereocenters. The molecule has 1 aromatic heterocycles. The van der Waals surface area contributed by atoms with Gasteiger partial charge in [-0.15, -0.1) is 11.8 Å². The molecule has 0 atom stereocenters. The first-order valence-corrected chi connectivity index (χ1v) is 8.44. The van der Waals surface area contributed by atoms with Crippen LogP contribution in [-0.2, 0) is 0 Å². The highest BCUT2D eigenvalue weighted by atomic mass is 32.2. The molecule has 4 nitrogen and oxygen atoms in total. The highest BCUT2D eigenvalue weighted by molar-refractivity contribution is 7.99. The molecule has 0 aliphatic heterocycles. The van der Waals surface area contributed by atoms with E-state index in [0.29, 0.717) is 18.4 Å². The first-order valence-electron chi connectivity index (χ1n) is 6.44. The molecule has 1 heterocycles. The first kappa shape index (κ1) is 14.0. The van der Waals surface area contributed by atoms with E-state index in [1.165, 1.54) is 43.6 Å². The van der Waals surface area contributed by atoms with Crippen LogP contribution in [0.25, 0.3) is 0 Å². The lowest BCUT2D eigenvalue weighted by molar-refractivity contribution is 0.290. The number of thioether (sulfide) groups is 1. The van der Waals surface area contributed by atoms with E-state index in [2.05, 4.69) is 9.27 Å². The SMILES string of the molecule is CSc1c(N)nsc1N(CCO)C1CCCCC1. The smallest absolute Gasteiger partial charge is 0.153 e. The standard InChI is InChI=1S/C12H21N3OS2/c1-17-10-11(13)14-18-12(10)15(7-8-16)9-5-3-2-4-6-9/h9,16H,2-8H2,1H3,(H2,13,14). The summed E-state index contributed by atoms with van der Waals surface area (Å²) in [5.74, 6) is 0.626. The quantitative estimate of drug-likeness (QED) is 0.815. The van der Waals surface area contributed by atoms with Crippen LogP contribution in [0.2, 0.25) is 0 Å². The zero-order valence-electron chi connectivity index (χ0n) is 10.8. The van der Waals surface area contributed by atoms with Gasteiger partial charge in [0, 0.05) is 12.6 Å². The second-order valence-corrected chi connectivity index (χ2v) is 6.18.